The zero-order valence-corrected chi connectivity index (χ0v) is 27.1. The first-order valence-corrected chi connectivity index (χ1v) is 17.0. The van der Waals surface area contributed by atoms with Gasteiger partial charge in [-0.3, -0.25) is 0 Å². The highest BCUT2D eigenvalue weighted by Gasteiger charge is 2.43. The predicted molar refractivity (Wildman–Crippen MR) is 201 cm³/mol. The number of nitrogens with zero attached hydrogens (tertiary/aromatic N) is 4. The molecule has 0 saturated heterocycles. The molecule has 1 N–H and O–H groups in total. The summed E-state index contributed by atoms with van der Waals surface area (Å²) in [6.07, 6.45) is 10.4. The first kappa shape index (κ1) is 28.5. The molecule has 5 aromatic carbocycles. The number of hydrogen-bond acceptors (Lipinski definition) is 6. The van der Waals surface area contributed by atoms with Crippen LogP contribution in [0, 0.1) is 0 Å². The molecule has 0 radical (unpaired) electrons. The maximum atomic E-state index is 6.79. The molecule has 10 rings (SSSR count). The lowest BCUT2D eigenvalue weighted by Gasteiger charge is -2.30. The minimum Gasteiger partial charge on any atom is -0.456 e. The molecular formula is C44H31N5O. The lowest BCUT2D eigenvalue weighted by Crippen LogP contribution is -2.30. The molecule has 2 aromatic heterocycles. The molecule has 4 heterocycles. The van der Waals surface area contributed by atoms with Crippen LogP contribution in [0.25, 0.3) is 56.5 Å². The van der Waals surface area contributed by atoms with Crippen LogP contribution in [0.2, 0.25) is 0 Å². The Balaban J connectivity index is 1.12. The van der Waals surface area contributed by atoms with Crippen molar-refractivity contribution in [1.29, 1.82) is 0 Å². The molecule has 238 valence electrons. The van der Waals surface area contributed by atoms with Crippen molar-refractivity contribution in [2.75, 3.05) is 11.4 Å². The fourth-order valence-corrected chi connectivity index (χ4v) is 7.68. The molecule has 1 aliphatic carbocycles. The van der Waals surface area contributed by atoms with Gasteiger partial charge >= 0.3 is 0 Å². The van der Waals surface area contributed by atoms with Gasteiger partial charge in [-0.1, -0.05) is 115 Å². The number of hydrogen-bond donors (Lipinski definition) is 1. The second-order valence-corrected chi connectivity index (χ2v) is 12.8. The fourth-order valence-electron chi connectivity index (χ4n) is 7.68. The van der Waals surface area contributed by atoms with Crippen LogP contribution in [0.15, 0.2) is 156 Å². The Morgan fingerprint density at radius 2 is 1.38 bits per heavy atom. The van der Waals surface area contributed by atoms with Crippen LogP contribution in [0.1, 0.15) is 28.6 Å². The molecule has 2 unspecified atom stereocenters. The van der Waals surface area contributed by atoms with E-state index in [4.69, 9.17) is 19.4 Å². The predicted octanol–water partition coefficient (Wildman–Crippen LogP) is 9.80. The molecule has 2 aliphatic heterocycles. The Bertz CT molecular complexity index is 2500. The van der Waals surface area contributed by atoms with E-state index in [1.807, 2.05) is 18.3 Å². The fraction of sp³-hybridized carbons (Fsp3) is 0.0682. The highest BCUT2D eigenvalue weighted by Crippen LogP contribution is 2.54. The highest BCUT2D eigenvalue weighted by molar-refractivity contribution is 5.97. The second kappa shape index (κ2) is 11.6. The van der Waals surface area contributed by atoms with Crippen LogP contribution < -0.4 is 10.2 Å². The first-order chi connectivity index (χ1) is 24.8. The lowest BCUT2D eigenvalue weighted by atomic mass is 9.82. The molecule has 3 aliphatic rings. The summed E-state index contributed by atoms with van der Waals surface area (Å²) >= 11 is 0. The molecule has 0 saturated carbocycles. The summed E-state index contributed by atoms with van der Waals surface area (Å²) in [6.45, 7) is 0.636. The number of para-hydroxylation sites is 3. The zero-order chi connectivity index (χ0) is 33.0. The monoisotopic (exact) mass is 645 g/mol. The summed E-state index contributed by atoms with van der Waals surface area (Å²) in [6, 6.07) is 44.7. The number of rotatable bonds is 5. The standard InChI is InChI=1S/C44H31N5O/c1-3-11-28(12-4-1)29-20-22-30(23-21-29)42-46-43(31-13-10-26-45-27-31)48-44(47-42)35-18-9-17-34-40-38(50-41(34)35)25-24-37-39(40)33-16-7-8-19-36(33)49(37)32-14-5-2-6-15-32/h1-26,37,39,45H,27H2. The van der Waals surface area contributed by atoms with Gasteiger partial charge in [-0.25, -0.2) is 15.0 Å². The summed E-state index contributed by atoms with van der Waals surface area (Å²) in [4.78, 5) is 17.6. The van der Waals surface area contributed by atoms with Crippen LogP contribution in [0.3, 0.4) is 0 Å². The Morgan fingerprint density at radius 3 is 2.20 bits per heavy atom. The van der Waals surface area contributed by atoms with Crippen molar-refractivity contribution in [3.05, 3.63) is 175 Å². The minimum absolute atomic E-state index is 0.112. The molecule has 6 heteroatoms. The number of furan rings is 1. The molecule has 7 aromatic rings. The van der Waals surface area contributed by atoms with Gasteiger partial charge in [0.1, 0.15) is 11.3 Å². The van der Waals surface area contributed by atoms with Gasteiger partial charge in [-0.15, -0.1) is 0 Å². The van der Waals surface area contributed by atoms with Crippen molar-refractivity contribution >= 4 is 34.0 Å². The number of allylic oxidation sites excluding steroid dienone is 2. The highest BCUT2D eigenvalue weighted by atomic mass is 16.3. The number of aromatic nitrogens is 3. The van der Waals surface area contributed by atoms with E-state index >= 15 is 0 Å². The van der Waals surface area contributed by atoms with Crippen LogP contribution >= 0.6 is 0 Å². The summed E-state index contributed by atoms with van der Waals surface area (Å²) < 4.78 is 6.79. The van der Waals surface area contributed by atoms with Gasteiger partial charge in [0.15, 0.2) is 17.5 Å². The van der Waals surface area contributed by atoms with E-state index in [1.54, 1.807) is 0 Å². The molecule has 6 nitrogen and oxygen atoms in total. The second-order valence-electron chi connectivity index (χ2n) is 12.8. The Labute approximate surface area is 289 Å². The third-order valence-corrected chi connectivity index (χ3v) is 9.96. The molecular weight excluding hydrogens is 615 g/mol. The summed E-state index contributed by atoms with van der Waals surface area (Å²) in [5, 5.41) is 4.39. The number of fused-ring (bicyclic) bond motifs is 7. The van der Waals surface area contributed by atoms with Gasteiger partial charge in [0.25, 0.3) is 0 Å². The van der Waals surface area contributed by atoms with Gasteiger partial charge in [0, 0.05) is 45.9 Å². The van der Waals surface area contributed by atoms with Gasteiger partial charge < -0.3 is 14.6 Å². The number of dihydropyridines is 1. The number of nitrogens with one attached hydrogen (secondary N) is 1. The van der Waals surface area contributed by atoms with Gasteiger partial charge in [0.2, 0.25) is 0 Å². The summed E-state index contributed by atoms with van der Waals surface area (Å²) in [5.41, 5.74) is 10.8. The SMILES string of the molecule is C1=CNCC(c2nc(-c3ccc(-c4ccccc4)cc3)nc(-c3cccc4c5c(oc34)C=CC3C5c4ccccc4N3c3ccccc3)n2)=C1. The minimum atomic E-state index is 0.112. The van der Waals surface area contributed by atoms with E-state index in [0.717, 1.165) is 39.0 Å². The van der Waals surface area contributed by atoms with Gasteiger partial charge in [-0.2, -0.15) is 0 Å². The van der Waals surface area contributed by atoms with Crippen LogP contribution in [-0.2, 0) is 0 Å². The molecule has 0 fully saturated rings. The maximum absolute atomic E-state index is 6.79. The van der Waals surface area contributed by atoms with Crippen molar-refractivity contribution in [2.45, 2.75) is 12.0 Å². The first-order valence-electron chi connectivity index (χ1n) is 17.0. The Kier molecular flexibility index (Phi) is 6.59. The molecule has 0 amide bonds. The van der Waals surface area contributed by atoms with Crippen molar-refractivity contribution in [2.24, 2.45) is 0 Å². The van der Waals surface area contributed by atoms with E-state index in [9.17, 15) is 0 Å². The maximum Gasteiger partial charge on any atom is 0.167 e. The number of benzene rings is 5. The molecule has 0 bridgehead atoms. The van der Waals surface area contributed by atoms with Crippen molar-refractivity contribution in [1.82, 2.24) is 20.3 Å². The van der Waals surface area contributed by atoms with Crippen LogP contribution in [-0.4, -0.2) is 27.5 Å². The van der Waals surface area contributed by atoms with E-state index in [-0.39, 0.29) is 12.0 Å². The average Bonchev–Trinajstić information content (AvgIpc) is 3.74. The van der Waals surface area contributed by atoms with Gasteiger partial charge in [-0.05, 0) is 59.3 Å². The van der Waals surface area contributed by atoms with Gasteiger partial charge in [0.05, 0.1) is 11.6 Å². The normalized spacial score (nSPS) is 17.2. The largest absolute Gasteiger partial charge is 0.456 e. The number of anilines is 2. The zero-order valence-electron chi connectivity index (χ0n) is 27.1. The van der Waals surface area contributed by atoms with E-state index in [1.165, 1.54) is 28.1 Å². The molecule has 50 heavy (non-hydrogen) atoms. The lowest BCUT2D eigenvalue weighted by molar-refractivity contribution is 0.584. The topological polar surface area (TPSA) is 67.1 Å². The quantitative estimate of drug-likeness (QED) is 0.201. The van der Waals surface area contributed by atoms with Crippen molar-refractivity contribution < 1.29 is 4.42 Å². The smallest absolute Gasteiger partial charge is 0.167 e. The average molecular weight is 646 g/mol. The van der Waals surface area contributed by atoms with E-state index < -0.39 is 0 Å². The summed E-state index contributed by atoms with van der Waals surface area (Å²) in [5.74, 6) is 2.85. The van der Waals surface area contributed by atoms with E-state index in [2.05, 4.69) is 150 Å². The Morgan fingerprint density at radius 1 is 0.660 bits per heavy atom. The third kappa shape index (κ3) is 4.60. The molecule has 2 atom stereocenters. The van der Waals surface area contributed by atoms with E-state index in [0.29, 0.717) is 24.0 Å². The van der Waals surface area contributed by atoms with Crippen LogP contribution in [0.4, 0.5) is 11.4 Å². The van der Waals surface area contributed by atoms with Crippen LogP contribution in [0.5, 0.6) is 0 Å². The molecule has 0 spiro atoms. The van der Waals surface area contributed by atoms with Crippen molar-refractivity contribution in [3.63, 3.8) is 0 Å². The van der Waals surface area contributed by atoms with Crippen molar-refractivity contribution in [3.8, 4) is 33.9 Å². The third-order valence-electron chi connectivity index (χ3n) is 9.96. The Hall–Kier alpha value is -6.53. The summed E-state index contributed by atoms with van der Waals surface area (Å²) in [7, 11) is 0.